The summed E-state index contributed by atoms with van der Waals surface area (Å²) in [5.74, 6) is -0.120. The van der Waals surface area contributed by atoms with E-state index in [1.807, 2.05) is 47.8 Å². The van der Waals surface area contributed by atoms with Gasteiger partial charge in [-0.15, -0.1) is 11.3 Å². The van der Waals surface area contributed by atoms with Gasteiger partial charge >= 0.3 is 0 Å². The highest BCUT2D eigenvalue weighted by molar-refractivity contribution is 7.12. The van der Waals surface area contributed by atoms with Crippen LogP contribution in [-0.4, -0.2) is 42.5 Å². The highest BCUT2D eigenvalue weighted by Gasteiger charge is 2.43. The minimum Gasteiger partial charge on any atom is -0.503 e. The highest BCUT2D eigenvalue weighted by atomic mass is 32.1. The average Bonchev–Trinajstić information content (AvgIpc) is 3.49. The van der Waals surface area contributed by atoms with Crippen LogP contribution in [0.3, 0.4) is 0 Å². The van der Waals surface area contributed by atoms with Crippen LogP contribution in [-0.2, 0) is 16.6 Å². The molecule has 36 heavy (non-hydrogen) atoms. The van der Waals surface area contributed by atoms with Crippen LogP contribution in [0.25, 0.3) is 0 Å². The maximum atomic E-state index is 13.4. The number of carbonyl (C=O) groups excluding carboxylic acids is 2. The fraction of sp³-hybridized carbons (Fsp3) is 0.310. The molecule has 1 N–H and O–H groups in total. The Bertz CT molecular complexity index is 1290. The number of Topliss-reactive ketones (excluding diaryl/α,β-unsaturated/α-hetero) is 1. The number of rotatable bonds is 8. The van der Waals surface area contributed by atoms with E-state index in [-0.39, 0.29) is 16.8 Å². The summed E-state index contributed by atoms with van der Waals surface area (Å²) in [6, 6.07) is 16.4. The van der Waals surface area contributed by atoms with Crippen molar-refractivity contribution in [3.63, 3.8) is 0 Å². The van der Waals surface area contributed by atoms with E-state index in [1.54, 1.807) is 31.3 Å². The Labute approximate surface area is 215 Å². The Hall–Kier alpha value is -3.58. The summed E-state index contributed by atoms with van der Waals surface area (Å²) in [5.41, 5.74) is 2.96. The fourth-order valence-corrected chi connectivity index (χ4v) is 5.13. The summed E-state index contributed by atoms with van der Waals surface area (Å²) in [5, 5.41) is 12.7. The first kappa shape index (κ1) is 25.5. The molecule has 188 valence electrons. The van der Waals surface area contributed by atoms with Gasteiger partial charge in [-0.2, -0.15) is 0 Å². The Morgan fingerprint density at radius 3 is 2.31 bits per heavy atom. The highest BCUT2D eigenvalue weighted by Crippen LogP contribution is 2.40. The Morgan fingerprint density at radius 2 is 1.72 bits per heavy atom. The van der Waals surface area contributed by atoms with Crippen LogP contribution in [0.15, 0.2) is 71.3 Å². The largest absolute Gasteiger partial charge is 0.503 e. The van der Waals surface area contributed by atoms with Crippen molar-refractivity contribution in [3.8, 4) is 11.5 Å². The minimum absolute atomic E-state index is 0.0370. The molecule has 1 atom stereocenters. The third-order valence-corrected chi connectivity index (χ3v) is 7.34. The van der Waals surface area contributed by atoms with Crippen LogP contribution >= 0.6 is 11.3 Å². The van der Waals surface area contributed by atoms with E-state index in [0.717, 1.165) is 16.7 Å². The van der Waals surface area contributed by atoms with E-state index in [2.05, 4.69) is 20.8 Å². The Morgan fingerprint density at radius 1 is 1.03 bits per heavy atom. The third kappa shape index (κ3) is 4.88. The van der Waals surface area contributed by atoms with Crippen LogP contribution in [0.1, 0.15) is 53.2 Å². The summed E-state index contributed by atoms with van der Waals surface area (Å²) < 4.78 is 10.7. The molecule has 1 aromatic heterocycles. The van der Waals surface area contributed by atoms with E-state index < -0.39 is 17.7 Å². The number of amides is 1. The zero-order chi connectivity index (χ0) is 26.0. The summed E-state index contributed by atoms with van der Waals surface area (Å²) >= 11 is 1.29. The number of nitrogens with zero attached hydrogens (tertiary/aromatic N) is 1. The second-order valence-electron chi connectivity index (χ2n) is 9.78. The smallest absolute Gasteiger partial charge is 0.290 e. The van der Waals surface area contributed by atoms with E-state index in [4.69, 9.17) is 9.47 Å². The Kier molecular flexibility index (Phi) is 7.22. The quantitative estimate of drug-likeness (QED) is 0.387. The molecule has 0 saturated heterocycles. The van der Waals surface area contributed by atoms with Gasteiger partial charge in [0.2, 0.25) is 5.78 Å². The van der Waals surface area contributed by atoms with Gasteiger partial charge in [0.05, 0.1) is 30.7 Å². The summed E-state index contributed by atoms with van der Waals surface area (Å²) in [4.78, 5) is 28.8. The Balaban J connectivity index is 1.69. The molecule has 1 aliphatic heterocycles. The molecule has 2 heterocycles. The van der Waals surface area contributed by atoms with E-state index in [9.17, 15) is 14.7 Å². The normalized spacial score (nSPS) is 16.0. The first-order valence-corrected chi connectivity index (χ1v) is 12.7. The molecule has 0 aliphatic carbocycles. The van der Waals surface area contributed by atoms with Crippen molar-refractivity contribution in [3.05, 3.63) is 92.9 Å². The van der Waals surface area contributed by atoms with E-state index in [1.165, 1.54) is 11.3 Å². The van der Waals surface area contributed by atoms with E-state index in [0.29, 0.717) is 29.3 Å². The van der Waals surface area contributed by atoms with Crippen molar-refractivity contribution in [1.82, 2.24) is 4.90 Å². The number of hydrogen-bond acceptors (Lipinski definition) is 6. The topological polar surface area (TPSA) is 76.1 Å². The molecule has 3 aromatic rings. The van der Waals surface area contributed by atoms with Crippen molar-refractivity contribution in [2.75, 3.05) is 20.8 Å². The lowest BCUT2D eigenvalue weighted by molar-refractivity contribution is -0.129. The van der Waals surface area contributed by atoms with Gasteiger partial charge in [-0.25, -0.2) is 0 Å². The fourth-order valence-electron chi connectivity index (χ4n) is 4.45. The number of ketones is 1. The second-order valence-corrected chi connectivity index (χ2v) is 10.7. The molecule has 1 amide bonds. The molecule has 1 unspecified atom stereocenters. The minimum atomic E-state index is -0.679. The first-order chi connectivity index (χ1) is 17.2. The van der Waals surface area contributed by atoms with Gasteiger partial charge in [-0.05, 0) is 52.1 Å². The van der Waals surface area contributed by atoms with Crippen molar-refractivity contribution < 1.29 is 24.2 Å². The van der Waals surface area contributed by atoms with Gasteiger partial charge < -0.3 is 19.5 Å². The predicted molar refractivity (Wildman–Crippen MR) is 141 cm³/mol. The van der Waals surface area contributed by atoms with Crippen molar-refractivity contribution in [2.24, 2.45) is 0 Å². The molecule has 1 aliphatic rings. The number of methoxy groups -OCH3 is 2. The molecule has 6 nitrogen and oxygen atoms in total. The lowest BCUT2D eigenvalue weighted by atomic mass is 9.85. The molecule has 7 heteroatoms. The molecule has 4 rings (SSSR count). The molecule has 0 radical (unpaired) electrons. The SMILES string of the molecule is COc1ccc(CCN2C(=O)C(O)=C(C(=O)c3cccs3)C2c2ccc(C(C)(C)C)cc2)cc1OC. The molecular weight excluding hydrogens is 474 g/mol. The van der Waals surface area contributed by atoms with Crippen molar-refractivity contribution in [1.29, 1.82) is 0 Å². The zero-order valence-corrected chi connectivity index (χ0v) is 22.0. The lowest BCUT2D eigenvalue weighted by Crippen LogP contribution is -2.33. The average molecular weight is 506 g/mol. The van der Waals surface area contributed by atoms with Gasteiger partial charge in [0, 0.05) is 6.54 Å². The van der Waals surface area contributed by atoms with Gasteiger partial charge in [-0.1, -0.05) is 57.2 Å². The van der Waals surface area contributed by atoms with Gasteiger partial charge in [0.25, 0.3) is 5.91 Å². The maximum absolute atomic E-state index is 13.4. The molecule has 0 bridgehead atoms. The van der Waals surface area contributed by atoms with Gasteiger partial charge in [0.15, 0.2) is 17.3 Å². The number of aliphatic hydroxyl groups excluding tert-OH is 1. The predicted octanol–water partition coefficient (Wildman–Crippen LogP) is 5.88. The van der Waals surface area contributed by atoms with Gasteiger partial charge in [0.1, 0.15) is 0 Å². The van der Waals surface area contributed by atoms with Crippen molar-refractivity contribution in [2.45, 2.75) is 38.6 Å². The molecular formula is C29H31NO5S. The number of hydrogen-bond donors (Lipinski definition) is 1. The summed E-state index contributed by atoms with van der Waals surface area (Å²) in [7, 11) is 3.16. The molecule has 2 aromatic carbocycles. The first-order valence-electron chi connectivity index (χ1n) is 11.8. The molecule has 0 fully saturated rings. The lowest BCUT2D eigenvalue weighted by Gasteiger charge is -2.28. The number of aliphatic hydroxyl groups is 1. The number of thiophene rings is 1. The van der Waals surface area contributed by atoms with Gasteiger partial charge in [-0.3, -0.25) is 9.59 Å². The van der Waals surface area contributed by atoms with Crippen LogP contribution in [0.2, 0.25) is 0 Å². The summed E-state index contributed by atoms with van der Waals surface area (Å²) in [6.45, 7) is 6.71. The zero-order valence-electron chi connectivity index (χ0n) is 21.2. The van der Waals surface area contributed by atoms with Crippen LogP contribution in [0, 0.1) is 0 Å². The second kappa shape index (κ2) is 10.2. The third-order valence-electron chi connectivity index (χ3n) is 6.48. The molecule has 0 spiro atoms. The molecule has 0 saturated carbocycles. The van der Waals surface area contributed by atoms with Crippen LogP contribution in [0.4, 0.5) is 0 Å². The van der Waals surface area contributed by atoms with Crippen LogP contribution < -0.4 is 9.47 Å². The van der Waals surface area contributed by atoms with Crippen LogP contribution in [0.5, 0.6) is 11.5 Å². The monoisotopic (exact) mass is 505 g/mol. The van der Waals surface area contributed by atoms with E-state index >= 15 is 0 Å². The number of ether oxygens (including phenoxy) is 2. The maximum Gasteiger partial charge on any atom is 0.290 e. The standard InChI is InChI=1S/C29H31NO5S/c1-29(2,3)20-11-9-19(10-12-20)25-24(26(31)23-7-6-16-36-23)27(32)28(33)30(25)15-14-18-8-13-21(34-4)22(17-18)35-5/h6-13,16-17,25,32H,14-15H2,1-5H3. The van der Waals surface area contributed by atoms with Crippen molar-refractivity contribution >= 4 is 23.0 Å². The number of carbonyl (C=O) groups is 2. The number of benzene rings is 2. The summed E-state index contributed by atoms with van der Waals surface area (Å²) in [6.07, 6.45) is 0.510.